The van der Waals surface area contributed by atoms with Gasteiger partial charge in [0.1, 0.15) is 11.6 Å². The fourth-order valence-electron chi connectivity index (χ4n) is 2.90. The zero-order valence-corrected chi connectivity index (χ0v) is 16.6. The van der Waals surface area contributed by atoms with Gasteiger partial charge in [-0.2, -0.15) is 0 Å². The van der Waals surface area contributed by atoms with Crippen molar-refractivity contribution in [2.45, 2.75) is 26.4 Å². The predicted octanol–water partition coefficient (Wildman–Crippen LogP) is 4.25. The van der Waals surface area contributed by atoms with Gasteiger partial charge in [0, 0.05) is 18.1 Å². The van der Waals surface area contributed by atoms with E-state index >= 15 is 0 Å². The average molecular weight is 416 g/mol. The summed E-state index contributed by atoms with van der Waals surface area (Å²) in [6.45, 7) is 3.75. The van der Waals surface area contributed by atoms with Crippen LogP contribution in [0.5, 0.6) is 5.75 Å². The van der Waals surface area contributed by atoms with Gasteiger partial charge in [-0.1, -0.05) is 34.1 Å². The maximum absolute atomic E-state index is 12.4. The molecular weight excluding hydrogens is 394 g/mol. The van der Waals surface area contributed by atoms with Gasteiger partial charge in [0.2, 0.25) is 5.91 Å². The van der Waals surface area contributed by atoms with Crippen molar-refractivity contribution in [1.29, 1.82) is 0 Å². The molecule has 2 aromatic carbocycles. The van der Waals surface area contributed by atoms with E-state index in [4.69, 9.17) is 4.74 Å². The molecule has 0 N–H and O–H groups in total. The van der Waals surface area contributed by atoms with Crippen molar-refractivity contribution in [2.24, 2.45) is 0 Å². The number of carbonyl (C=O) groups excluding carboxylic acids is 1. The van der Waals surface area contributed by atoms with E-state index in [1.54, 1.807) is 11.9 Å². The first kappa shape index (κ1) is 18.5. The van der Waals surface area contributed by atoms with Crippen LogP contribution in [0.3, 0.4) is 0 Å². The third-order valence-corrected chi connectivity index (χ3v) is 4.73. The minimum atomic E-state index is 0.0368. The van der Waals surface area contributed by atoms with Crippen molar-refractivity contribution in [1.82, 2.24) is 14.5 Å². The van der Waals surface area contributed by atoms with Crippen LogP contribution in [0.15, 0.2) is 53.0 Å². The molecule has 1 heterocycles. The number of para-hydroxylation sites is 2. The van der Waals surface area contributed by atoms with Crippen LogP contribution in [0.1, 0.15) is 19.2 Å². The third kappa shape index (κ3) is 4.25. The number of halogens is 1. The van der Waals surface area contributed by atoms with Crippen LogP contribution in [-0.4, -0.2) is 34.0 Å². The van der Waals surface area contributed by atoms with Crippen molar-refractivity contribution in [3.63, 3.8) is 0 Å². The van der Waals surface area contributed by atoms with E-state index in [-0.39, 0.29) is 5.91 Å². The molecule has 6 heteroatoms. The molecule has 0 radical (unpaired) electrons. The Labute approximate surface area is 161 Å². The van der Waals surface area contributed by atoms with Crippen LogP contribution in [0.25, 0.3) is 11.0 Å². The van der Waals surface area contributed by atoms with Gasteiger partial charge in [-0.05, 0) is 37.3 Å². The highest BCUT2D eigenvalue weighted by Crippen LogP contribution is 2.19. The van der Waals surface area contributed by atoms with Crippen molar-refractivity contribution >= 4 is 32.9 Å². The minimum absolute atomic E-state index is 0.0368. The molecule has 0 aliphatic carbocycles. The summed E-state index contributed by atoms with van der Waals surface area (Å²) < 4.78 is 8.76. The first-order chi connectivity index (χ1) is 12.6. The topological polar surface area (TPSA) is 47.4 Å². The molecule has 1 amide bonds. The Bertz CT molecular complexity index is 907. The van der Waals surface area contributed by atoms with Gasteiger partial charge in [-0.15, -0.1) is 0 Å². The summed E-state index contributed by atoms with van der Waals surface area (Å²) in [6.07, 6.45) is 0.329. The van der Waals surface area contributed by atoms with Crippen LogP contribution in [-0.2, 0) is 17.9 Å². The molecular formula is C20H22BrN3O2. The van der Waals surface area contributed by atoms with E-state index in [0.29, 0.717) is 19.6 Å². The van der Waals surface area contributed by atoms with Gasteiger partial charge in [-0.25, -0.2) is 4.98 Å². The molecule has 0 saturated carbocycles. The first-order valence-corrected chi connectivity index (χ1v) is 9.44. The standard InChI is InChI=1S/C20H22BrN3O2/c1-3-24-18-10-5-4-9-17(18)22-19(24)14-23(2)20(25)11-12-26-16-8-6-7-15(21)13-16/h4-10,13H,3,11-12,14H2,1-2H3. The highest BCUT2D eigenvalue weighted by molar-refractivity contribution is 9.10. The number of amides is 1. The minimum Gasteiger partial charge on any atom is -0.493 e. The lowest BCUT2D eigenvalue weighted by Crippen LogP contribution is -2.28. The van der Waals surface area contributed by atoms with Crippen LogP contribution in [0, 0.1) is 0 Å². The largest absolute Gasteiger partial charge is 0.493 e. The Kier molecular flexibility index (Phi) is 5.93. The molecule has 26 heavy (non-hydrogen) atoms. The number of aromatic nitrogens is 2. The Balaban J connectivity index is 1.59. The number of rotatable bonds is 7. The summed E-state index contributed by atoms with van der Waals surface area (Å²) >= 11 is 3.41. The van der Waals surface area contributed by atoms with Gasteiger partial charge in [0.15, 0.2) is 0 Å². The monoisotopic (exact) mass is 415 g/mol. The van der Waals surface area contributed by atoms with E-state index in [0.717, 1.165) is 33.6 Å². The summed E-state index contributed by atoms with van der Waals surface area (Å²) in [5.41, 5.74) is 2.06. The molecule has 5 nitrogen and oxygen atoms in total. The molecule has 0 unspecified atom stereocenters. The zero-order chi connectivity index (χ0) is 18.5. The lowest BCUT2D eigenvalue weighted by Gasteiger charge is -2.18. The molecule has 0 aliphatic heterocycles. The fourth-order valence-corrected chi connectivity index (χ4v) is 3.28. The summed E-state index contributed by atoms with van der Waals surface area (Å²) in [6, 6.07) is 15.7. The highest BCUT2D eigenvalue weighted by Gasteiger charge is 2.15. The first-order valence-electron chi connectivity index (χ1n) is 8.65. The molecule has 3 aromatic rings. The number of fused-ring (bicyclic) bond motifs is 1. The summed E-state index contributed by atoms with van der Waals surface area (Å²) in [5, 5.41) is 0. The van der Waals surface area contributed by atoms with E-state index in [9.17, 15) is 4.79 Å². The third-order valence-electron chi connectivity index (χ3n) is 4.23. The SMILES string of the molecule is CCn1c(CN(C)C(=O)CCOc2cccc(Br)c2)nc2ccccc21. The molecule has 0 aliphatic rings. The Morgan fingerprint density at radius 1 is 1.23 bits per heavy atom. The van der Waals surface area contributed by atoms with Gasteiger partial charge in [0.05, 0.1) is 30.6 Å². The summed E-state index contributed by atoms with van der Waals surface area (Å²) in [7, 11) is 1.81. The Morgan fingerprint density at radius 3 is 2.81 bits per heavy atom. The molecule has 0 atom stereocenters. The number of imidazole rings is 1. The normalized spacial score (nSPS) is 10.9. The smallest absolute Gasteiger partial charge is 0.226 e. The second-order valence-electron chi connectivity index (χ2n) is 6.07. The summed E-state index contributed by atoms with van der Waals surface area (Å²) in [5.74, 6) is 1.69. The second-order valence-corrected chi connectivity index (χ2v) is 6.98. The number of aryl methyl sites for hydroxylation is 1. The van der Waals surface area contributed by atoms with Crippen molar-refractivity contribution < 1.29 is 9.53 Å². The van der Waals surface area contributed by atoms with Crippen LogP contribution in [0.2, 0.25) is 0 Å². The lowest BCUT2D eigenvalue weighted by molar-refractivity contribution is -0.131. The maximum atomic E-state index is 12.4. The Hall–Kier alpha value is -2.34. The second kappa shape index (κ2) is 8.36. The average Bonchev–Trinajstić information content (AvgIpc) is 2.98. The van der Waals surface area contributed by atoms with Crippen molar-refractivity contribution in [3.05, 3.63) is 58.8 Å². The van der Waals surface area contributed by atoms with E-state index in [1.807, 2.05) is 42.5 Å². The van der Waals surface area contributed by atoms with Gasteiger partial charge < -0.3 is 14.2 Å². The quantitative estimate of drug-likeness (QED) is 0.579. The zero-order valence-electron chi connectivity index (χ0n) is 15.0. The maximum Gasteiger partial charge on any atom is 0.226 e. The Morgan fingerprint density at radius 2 is 2.04 bits per heavy atom. The van der Waals surface area contributed by atoms with Crippen LogP contribution >= 0.6 is 15.9 Å². The van der Waals surface area contributed by atoms with Crippen molar-refractivity contribution in [3.8, 4) is 5.75 Å². The van der Waals surface area contributed by atoms with Gasteiger partial charge >= 0.3 is 0 Å². The number of ether oxygens (including phenoxy) is 1. The van der Waals surface area contributed by atoms with E-state index < -0.39 is 0 Å². The number of nitrogens with zero attached hydrogens (tertiary/aromatic N) is 3. The lowest BCUT2D eigenvalue weighted by atomic mass is 10.3. The molecule has 3 rings (SSSR count). The van der Waals surface area contributed by atoms with Gasteiger partial charge in [0.25, 0.3) is 0 Å². The molecule has 0 bridgehead atoms. The number of hydrogen-bond acceptors (Lipinski definition) is 3. The summed E-state index contributed by atoms with van der Waals surface area (Å²) in [4.78, 5) is 18.8. The van der Waals surface area contributed by atoms with Crippen LogP contribution < -0.4 is 4.74 Å². The molecule has 0 spiro atoms. The number of benzene rings is 2. The number of carbonyl (C=O) groups is 1. The van der Waals surface area contributed by atoms with E-state index in [2.05, 4.69) is 38.5 Å². The van der Waals surface area contributed by atoms with Crippen LogP contribution in [0.4, 0.5) is 0 Å². The predicted molar refractivity (Wildman–Crippen MR) is 106 cm³/mol. The molecule has 0 saturated heterocycles. The highest BCUT2D eigenvalue weighted by atomic mass is 79.9. The van der Waals surface area contributed by atoms with Crippen molar-refractivity contribution in [2.75, 3.05) is 13.7 Å². The number of hydrogen-bond donors (Lipinski definition) is 0. The molecule has 0 fully saturated rings. The van der Waals surface area contributed by atoms with Gasteiger partial charge in [-0.3, -0.25) is 4.79 Å². The molecule has 1 aromatic heterocycles. The fraction of sp³-hybridized carbons (Fsp3) is 0.300. The molecule has 136 valence electrons. The van der Waals surface area contributed by atoms with E-state index in [1.165, 1.54) is 0 Å².